The van der Waals surface area contributed by atoms with E-state index in [9.17, 15) is 22.0 Å². The number of rotatable bonds is 6. The number of aryl methyl sites for hydroxylation is 3. The van der Waals surface area contributed by atoms with E-state index in [-0.39, 0.29) is 11.1 Å². The molecule has 0 saturated heterocycles. The van der Waals surface area contributed by atoms with Gasteiger partial charge < -0.3 is 4.74 Å². The molecule has 37 heavy (non-hydrogen) atoms. The molecular weight excluding hydrogens is 490 g/mol. The van der Waals surface area contributed by atoms with Gasteiger partial charge in [-0.15, -0.1) is 13.2 Å². The van der Waals surface area contributed by atoms with E-state index in [1.807, 2.05) is 12.1 Å². The van der Waals surface area contributed by atoms with Gasteiger partial charge in [0.05, 0.1) is 5.56 Å². The van der Waals surface area contributed by atoms with E-state index in [2.05, 4.69) is 47.8 Å². The molecule has 4 rings (SSSR count). The van der Waals surface area contributed by atoms with Crippen LogP contribution in [-0.2, 0) is 19.3 Å². The Morgan fingerprint density at radius 2 is 1.30 bits per heavy atom. The summed E-state index contributed by atoms with van der Waals surface area (Å²) in [5.74, 6) is -0.406. The van der Waals surface area contributed by atoms with Gasteiger partial charge in [-0.25, -0.2) is 13.2 Å². The van der Waals surface area contributed by atoms with Gasteiger partial charge in [-0.05, 0) is 59.5 Å². The second-order valence-electron chi connectivity index (χ2n) is 8.62. The van der Waals surface area contributed by atoms with Gasteiger partial charge in [0, 0.05) is 10.9 Å². The zero-order valence-corrected chi connectivity index (χ0v) is 19.9. The predicted octanol–water partition coefficient (Wildman–Crippen LogP) is 8.29. The van der Waals surface area contributed by atoms with Gasteiger partial charge in [-0.3, -0.25) is 0 Å². The Morgan fingerprint density at radius 1 is 0.703 bits per heavy atom. The van der Waals surface area contributed by atoms with Crippen LogP contribution in [0.5, 0.6) is 5.75 Å². The molecular formula is C30H22F6O. The Hall–Kier alpha value is -3.92. The van der Waals surface area contributed by atoms with Crippen LogP contribution in [-0.4, -0.2) is 6.36 Å². The molecule has 0 aliphatic carbocycles. The Morgan fingerprint density at radius 3 is 1.92 bits per heavy atom. The van der Waals surface area contributed by atoms with Crippen LogP contribution in [0.3, 0.4) is 0 Å². The van der Waals surface area contributed by atoms with E-state index in [1.165, 1.54) is 17.2 Å². The number of alkyl halides is 3. The smallest absolute Gasteiger partial charge is 0.399 e. The molecule has 0 saturated carbocycles. The van der Waals surface area contributed by atoms with Crippen molar-refractivity contribution in [2.75, 3.05) is 0 Å². The number of halogens is 6. The van der Waals surface area contributed by atoms with Crippen molar-refractivity contribution in [2.24, 2.45) is 0 Å². The maximum Gasteiger partial charge on any atom is 0.573 e. The highest BCUT2D eigenvalue weighted by Gasteiger charge is 2.34. The van der Waals surface area contributed by atoms with Crippen LogP contribution < -0.4 is 4.74 Å². The first kappa shape index (κ1) is 26.2. The highest BCUT2D eigenvalue weighted by Crippen LogP contribution is 2.29. The van der Waals surface area contributed by atoms with E-state index >= 15 is 4.39 Å². The average Bonchev–Trinajstić information content (AvgIpc) is 2.85. The summed E-state index contributed by atoms with van der Waals surface area (Å²) < 4.78 is 83.1. The molecule has 0 aliphatic rings. The van der Waals surface area contributed by atoms with Crippen molar-refractivity contribution in [2.45, 2.75) is 39.0 Å². The second-order valence-corrected chi connectivity index (χ2v) is 8.62. The molecule has 0 N–H and O–H groups in total. The molecule has 0 fully saturated rings. The monoisotopic (exact) mass is 512 g/mol. The molecule has 0 unspecified atom stereocenters. The van der Waals surface area contributed by atoms with Crippen molar-refractivity contribution >= 4 is 10.8 Å². The van der Waals surface area contributed by atoms with E-state index < -0.39 is 29.6 Å². The van der Waals surface area contributed by atoms with Crippen molar-refractivity contribution < 1.29 is 31.1 Å². The summed E-state index contributed by atoms with van der Waals surface area (Å²) in [6.07, 6.45) is -1.45. The number of ether oxygens (including phenoxy) is 1. The van der Waals surface area contributed by atoms with Crippen LogP contribution in [0.1, 0.15) is 41.2 Å². The zero-order chi connectivity index (χ0) is 26.6. The largest absolute Gasteiger partial charge is 0.573 e. The number of benzene rings is 4. The number of hydrogen-bond acceptors (Lipinski definition) is 1. The van der Waals surface area contributed by atoms with Gasteiger partial charge in [0.1, 0.15) is 5.82 Å². The lowest BCUT2D eigenvalue weighted by atomic mass is 9.98. The molecule has 0 spiro atoms. The van der Waals surface area contributed by atoms with Gasteiger partial charge in [0.15, 0.2) is 11.6 Å². The maximum absolute atomic E-state index is 15.1. The Bertz CT molecular complexity index is 1450. The van der Waals surface area contributed by atoms with Crippen LogP contribution >= 0.6 is 0 Å². The van der Waals surface area contributed by atoms with Crippen LogP contribution in [0.25, 0.3) is 10.8 Å². The minimum absolute atomic E-state index is 0.0103. The van der Waals surface area contributed by atoms with Crippen LogP contribution in [0.4, 0.5) is 26.3 Å². The minimum atomic E-state index is -5.25. The van der Waals surface area contributed by atoms with Crippen molar-refractivity contribution in [3.05, 3.63) is 112 Å². The summed E-state index contributed by atoms with van der Waals surface area (Å²) in [7, 11) is 0. The Balaban J connectivity index is 1.51. The first-order valence-electron chi connectivity index (χ1n) is 11.7. The fourth-order valence-corrected chi connectivity index (χ4v) is 4.03. The topological polar surface area (TPSA) is 9.23 Å². The number of hydrogen-bond donors (Lipinski definition) is 0. The van der Waals surface area contributed by atoms with Crippen LogP contribution in [0.15, 0.2) is 66.7 Å². The fourth-order valence-electron chi connectivity index (χ4n) is 4.03. The van der Waals surface area contributed by atoms with Gasteiger partial charge in [0.25, 0.3) is 0 Å². The molecule has 0 heterocycles. The normalized spacial score (nSPS) is 11.3. The molecule has 0 radical (unpaired) electrons. The summed E-state index contributed by atoms with van der Waals surface area (Å²) in [6.45, 7) is 2.15. The highest BCUT2D eigenvalue weighted by molar-refractivity contribution is 5.85. The quantitative estimate of drug-likeness (QED) is 0.187. The molecule has 0 aliphatic heterocycles. The standard InChI is InChI=1S/C30H22F6O/c1-2-3-19-4-6-20(7-5-19)8-9-21-11-15-25-24(16-21)14-13-23(28(25)33)12-10-22-17-26(31)29(27(32)18-22)37-30(34,35)36/h4-7,11,13-18H,2-3,8-9H2,1H3. The molecule has 4 aromatic rings. The molecule has 4 aromatic carbocycles. The summed E-state index contributed by atoms with van der Waals surface area (Å²) in [4.78, 5) is 0. The molecule has 0 aromatic heterocycles. The van der Waals surface area contributed by atoms with Crippen molar-refractivity contribution in [3.8, 4) is 17.6 Å². The van der Waals surface area contributed by atoms with E-state index in [0.717, 1.165) is 31.2 Å². The number of fused-ring (bicyclic) bond motifs is 1. The third-order valence-corrected chi connectivity index (χ3v) is 5.84. The van der Waals surface area contributed by atoms with Crippen molar-refractivity contribution in [1.29, 1.82) is 0 Å². The van der Waals surface area contributed by atoms with Gasteiger partial charge in [-0.1, -0.05) is 73.7 Å². The lowest BCUT2D eigenvalue weighted by Crippen LogP contribution is -2.19. The molecule has 1 nitrogen and oxygen atoms in total. The van der Waals surface area contributed by atoms with Gasteiger partial charge in [0.2, 0.25) is 5.75 Å². The summed E-state index contributed by atoms with van der Waals surface area (Å²) in [5.41, 5.74) is 3.32. The maximum atomic E-state index is 15.1. The molecule has 0 bridgehead atoms. The molecule has 0 amide bonds. The second kappa shape index (κ2) is 11.0. The zero-order valence-electron chi connectivity index (χ0n) is 19.9. The first-order valence-corrected chi connectivity index (χ1v) is 11.7. The molecule has 7 heteroatoms. The summed E-state index contributed by atoms with van der Waals surface area (Å²) in [5, 5.41) is 1.02. The minimum Gasteiger partial charge on any atom is -0.399 e. The lowest BCUT2D eigenvalue weighted by molar-refractivity contribution is -0.276. The van der Waals surface area contributed by atoms with Crippen molar-refractivity contribution in [1.82, 2.24) is 0 Å². The highest BCUT2D eigenvalue weighted by atomic mass is 19.4. The SMILES string of the molecule is CCCc1ccc(CCc2ccc3c(F)c(C#Cc4cc(F)c(OC(F)(F)F)c(F)c4)ccc3c2)cc1. The average molecular weight is 512 g/mol. The van der Waals surface area contributed by atoms with E-state index in [1.54, 1.807) is 12.1 Å². The molecule has 0 atom stereocenters. The van der Waals surface area contributed by atoms with Crippen LogP contribution in [0, 0.1) is 29.3 Å². The third-order valence-electron chi connectivity index (χ3n) is 5.84. The van der Waals surface area contributed by atoms with Crippen molar-refractivity contribution in [3.63, 3.8) is 0 Å². The Kier molecular flexibility index (Phi) is 7.77. The third kappa shape index (κ3) is 6.65. The Labute approximate surface area is 210 Å². The van der Waals surface area contributed by atoms with Crippen LogP contribution in [0.2, 0.25) is 0 Å². The van der Waals surface area contributed by atoms with Gasteiger partial charge in [-0.2, -0.15) is 0 Å². The fraction of sp³-hybridized carbons (Fsp3) is 0.200. The van der Waals surface area contributed by atoms with E-state index in [0.29, 0.717) is 22.9 Å². The van der Waals surface area contributed by atoms with Gasteiger partial charge >= 0.3 is 6.36 Å². The summed E-state index contributed by atoms with van der Waals surface area (Å²) >= 11 is 0. The van der Waals surface area contributed by atoms with E-state index in [4.69, 9.17) is 0 Å². The first-order chi connectivity index (χ1) is 17.6. The molecule has 190 valence electrons. The lowest BCUT2D eigenvalue weighted by Gasteiger charge is -2.10. The predicted molar refractivity (Wildman–Crippen MR) is 131 cm³/mol. The summed E-state index contributed by atoms with van der Waals surface area (Å²) in [6, 6.07) is 18.3.